The minimum absolute atomic E-state index is 0.0537. The monoisotopic (exact) mass is 299 g/mol. The third-order valence-corrected chi connectivity index (χ3v) is 4.53. The zero-order valence-electron chi connectivity index (χ0n) is 11.4. The molecule has 8 heteroatoms. The lowest BCUT2D eigenvalue weighted by molar-refractivity contribution is -0.384. The zero-order chi connectivity index (χ0) is 14.9. The van der Waals surface area contributed by atoms with Gasteiger partial charge in [-0.25, -0.2) is 8.42 Å². The lowest BCUT2D eigenvalue weighted by atomic mass is 10.2. The van der Waals surface area contributed by atoms with Gasteiger partial charge in [0.15, 0.2) is 9.84 Å². The van der Waals surface area contributed by atoms with E-state index < -0.39 is 14.8 Å². The van der Waals surface area contributed by atoms with Crippen molar-refractivity contribution in [1.82, 2.24) is 4.90 Å². The van der Waals surface area contributed by atoms with Crippen molar-refractivity contribution >= 4 is 21.2 Å². The van der Waals surface area contributed by atoms with E-state index in [1.807, 2.05) is 11.9 Å². The van der Waals surface area contributed by atoms with Gasteiger partial charge < -0.3 is 9.80 Å². The predicted molar refractivity (Wildman–Crippen MR) is 75.9 cm³/mol. The lowest BCUT2D eigenvalue weighted by Gasteiger charge is -2.33. The maximum atomic E-state index is 11.6. The van der Waals surface area contributed by atoms with Gasteiger partial charge in [-0.3, -0.25) is 10.1 Å². The SMILES string of the molecule is CN1CCN(c2cc(S(C)(=O)=O)ccc2[N+](=O)[O-])CC1. The van der Waals surface area contributed by atoms with Gasteiger partial charge >= 0.3 is 0 Å². The van der Waals surface area contributed by atoms with E-state index in [2.05, 4.69) is 4.90 Å². The Morgan fingerprint density at radius 3 is 2.30 bits per heavy atom. The number of rotatable bonds is 3. The fraction of sp³-hybridized carbons (Fsp3) is 0.500. The first-order valence-corrected chi connectivity index (χ1v) is 8.10. The van der Waals surface area contributed by atoms with Gasteiger partial charge in [0.05, 0.1) is 9.82 Å². The van der Waals surface area contributed by atoms with Crippen LogP contribution in [0.25, 0.3) is 0 Å². The standard InChI is InChI=1S/C12H17N3O4S/c1-13-5-7-14(8-6-13)12-9-10(20(2,18)19)3-4-11(12)15(16)17/h3-4,9H,5-8H2,1-2H3. The van der Waals surface area contributed by atoms with Crippen molar-refractivity contribution in [3.05, 3.63) is 28.3 Å². The normalized spacial score (nSPS) is 17.2. The van der Waals surface area contributed by atoms with Crippen LogP contribution in [0.15, 0.2) is 23.1 Å². The molecule has 0 aromatic heterocycles. The summed E-state index contributed by atoms with van der Waals surface area (Å²) in [6, 6.07) is 3.95. The largest absolute Gasteiger partial charge is 0.363 e. The molecule has 0 radical (unpaired) electrons. The number of benzene rings is 1. The van der Waals surface area contributed by atoms with Gasteiger partial charge in [0.25, 0.3) is 5.69 Å². The second-order valence-corrected chi connectivity index (χ2v) is 6.99. The third-order valence-electron chi connectivity index (χ3n) is 3.42. The Labute approximate surface area is 117 Å². The molecule has 1 aromatic carbocycles. The number of sulfone groups is 1. The van der Waals surface area contributed by atoms with Crippen LogP contribution >= 0.6 is 0 Å². The molecule has 0 saturated carbocycles. The third kappa shape index (κ3) is 3.07. The second-order valence-electron chi connectivity index (χ2n) is 4.97. The maximum Gasteiger partial charge on any atom is 0.292 e. The quantitative estimate of drug-likeness (QED) is 0.605. The minimum atomic E-state index is -3.38. The summed E-state index contributed by atoms with van der Waals surface area (Å²) in [5, 5.41) is 11.1. The molecule has 1 heterocycles. The molecule has 20 heavy (non-hydrogen) atoms. The molecule has 2 rings (SSSR count). The molecule has 1 fully saturated rings. The molecule has 7 nitrogen and oxygen atoms in total. The number of nitro groups is 1. The van der Waals surface area contributed by atoms with Crippen LogP contribution in [0, 0.1) is 10.1 Å². The average Bonchev–Trinajstić information content (AvgIpc) is 2.37. The molecule has 0 aliphatic carbocycles. The molecular weight excluding hydrogens is 282 g/mol. The first kappa shape index (κ1) is 14.7. The molecule has 0 bridgehead atoms. The van der Waals surface area contributed by atoms with E-state index in [-0.39, 0.29) is 10.6 Å². The van der Waals surface area contributed by atoms with Gasteiger partial charge in [-0.2, -0.15) is 0 Å². The van der Waals surface area contributed by atoms with E-state index in [4.69, 9.17) is 0 Å². The number of nitrogens with zero attached hydrogens (tertiary/aromatic N) is 3. The van der Waals surface area contributed by atoms with Gasteiger partial charge in [-0.05, 0) is 19.2 Å². The number of hydrogen-bond acceptors (Lipinski definition) is 6. The van der Waals surface area contributed by atoms with E-state index >= 15 is 0 Å². The van der Waals surface area contributed by atoms with Crippen LogP contribution in [0.5, 0.6) is 0 Å². The van der Waals surface area contributed by atoms with Crippen molar-refractivity contribution in [1.29, 1.82) is 0 Å². The average molecular weight is 299 g/mol. The highest BCUT2D eigenvalue weighted by Gasteiger charge is 2.24. The fourth-order valence-corrected chi connectivity index (χ4v) is 2.83. The molecule has 0 amide bonds. The first-order chi connectivity index (χ1) is 9.29. The molecule has 0 atom stereocenters. The molecule has 110 valence electrons. The summed E-state index contributed by atoms with van der Waals surface area (Å²) < 4.78 is 23.2. The molecule has 1 saturated heterocycles. The number of piperazine rings is 1. The summed E-state index contributed by atoms with van der Waals surface area (Å²) in [5.41, 5.74) is 0.327. The van der Waals surface area contributed by atoms with Crippen molar-refractivity contribution in [3.63, 3.8) is 0 Å². The number of anilines is 1. The maximum absolute atomic E-state index is 11.6. The number of hydrogen-bond donors (Lipinski definition) is 0. The lowest BCUT2D eigenvalue weighted by Crippen LogP contribution is -2.44. The van der Waals surface area contributed by atoms with Gasteiger partial charge in [-0.15, -0.1) is 0 Å². The summed E-state index contributed by atoms with van der Waals surface area (Å²) in [7, 11) is -1.39. The van der Waals surface area contributed by atoms with Crippen LogP contribution in [0.1, 0.15) is 0 Å². The summed E-state index contributed by atoms with van der Waals surface area (Å²) in [5.74, 6) is 0. The van der Waals surface area contributed by atoms with Crippen molar-refractivity contribution in [2.75, 3.05) is 44.4 Å². The van der Waals surface area contributed by atoms with Crippen molar-refractivity contribution in [2.24, 2.45) is 0 Å². The zero-order valence-corrected chi connectivity index (χ0v) is 12.3. The number of likely N-dealkylation sites (N-methyl/N-ethyl adjacent to an activating group) is 1. The summed E-state index contributed by atoms with van der Waals surface area (Å²) >= 11 is 0. The van der Waals surface area contributed by atoms with Crippen molar-refractivity contribution < 1.29 is 13.3 Å². The summed E-state index contributed by atoms with van der Waals surface area (Å²) in [6.45, 7) is 2.87. The van der Waals surface area contributed by atoms with Gasteiger partial charge in [-0.1, -0.05) is 0 Å². The van der Waals surface area contributed by atoms with Crippen LogP contribution in [0.3, 0.4) is 0 Å². The van der Waals surface area contributed by atoms with E-state index in [1.54, 1.807) is 0 Å². The van der Waals surface area contributed by atoms with Crippen LogP contribution < -0.4 is 4.90 Å². The summed E-state index contributed by atoms with van der Waals surface area (Å²) in [6.07, 6.45) is 1.10. The van der Waals surface area contributed by atoms with E-state index in [9.17, 15) is 18.5 Å². The highest BCUT2D eigenvalue weighted by Crippen LogP contribution is 2.31. The van der Waals surface area contributed by atoms with Crippen molar-refractivity contribution in [3.8, 4) is 0 Å². The Hall–Kier alpha value is -1.67. The smallest absolute Gasteiger partial charge is 0.292 e. The predicted octanol–water partition coefficient (Wildman–Crippen LogP) is 0.750. The van der Waals surface area contributed by atoms with Gasteiger partial charge in [0, 0.05) is 38.5 Å². The van der Waals surface area contributed by atoms with Crippen LogP contribution in [-0.4, -0.2) is 57.7 Å². The molecule has 1 aliphatic heterocycles. The molecular formula is C12H17N3O4S. The van der Waals surface area contributed by atoms with E-state index in [1.165, 1.54) is 18.2 Å². The molecule has 0 N–H and O–H groups in total. The molecule has 1 aliphatic rings. The molecule has 0 spiro atoms. The Bertz CT molecular complexity index is 622. The molecule has 0 unspecified atom stereocenters. The number of nitro benzene ring substituents is 1. The Morgan fingerprint density at radius 2 is 1.80 bits per heavy atom. The Kier molecular flexibility index (Phi) is 3.96. The van der Waals surface area contributed by atoms with Gasteiger partial charge in [0.2, 0.25) is 0 Å². The van der Waals surface area contributed by atoms with E-state index in [0.29, 0.717) is 18.8 Å². The second kappa shape index (κ2) is 5.37. The fourth-order valence-electron chi connectivity index (χ4n) is 2.19. The Morgan fingerprint density at radius 1 is 1.20 bits per heavy atom. The van der Waals surface area contributed by atoms with Crippen LogP contribution in [0.4, 0.5) is 11.4 Å². The highest BCUT2D eigenvalue weighted by molar-refractivity contribution is 7.90. The summed E-state index contributed by atoms with van der Waals surface area (Å²) in [4.78, 5) is 14.7. The topological polar surface area (TPSA) is 83.8 Å². The van der Waals surface area contributed by atoms with Gasteiger partial charge in [0.1, 0.15) is 5.69 Å². The Balaban J connectivity index is 2.45. The highest BCUT2D eigenvalue weighted by atomic mass is 32.2. The molecule has 1 aromatic rings. The first-order valence-electron chi connectivity index (χ1n) is 6.21. The van der Waals surface area contributed by atoms with Crippen LogP contribution in [-0.2, 0) is 9.84 Å². The van der Waals surface area contributed by atoms with Crippen molar-refractivity contribution in [2.45, 2.75) is 4.90 Å². The van der Waals surface area contributed by atoms with Crippen LogP contribution in [0.2, 0.25) is 0 Å². The minimum Gasteiger partial charge on any atom is -0.363 e. The van der Waals surface area contributed by atoms with E-state index in [0.717, 1.165) is 19.3 Å².